The third-order valence-corrected chi connectivity index (χ3v) is 3.24. The number of carbonyl (C=O) groups excluding carboxylic acids is 1. The Morgan fingerprint density at radius 1 is 1.35 bits per heavy atom. The molecule has 2 aromatic rings. The van der Waals surface area contributed by atoms with Gasteiger partial charge in [0.25, 0.3) is 11.6 Å². The number of rotatable bonds is 6. The Labute approximate surface area is 148 Å². The van der Waals surface area contributed by atoms with Gasteiger partial charge >= 0.3 is 0 Å². The standard InChI is InChI=1S/C17H14N4O5/c1-26-16-8-13(21(24)25)5-6-15(16)20-17(23)11(9-18)10-19-12-3-2-4-14(22)7-12/h2-8,10,19,22H,1H3,(H,20,23)/b11-10-. The first-order valence-electron chi connectivity index (χ1n) is 7.24. The Bertz CT molecular complexity index is 918. The molecule has 0 aliphatic heterocycles. The third kappa shape index (κ3) is 4.48. The predicted molar refractivity (Wildman–Crippen MR) is 93.7 cm³/mol. The van der Waals surface area contributed by atoms with Gasteiger partial charge in [-0.05, 0) is 18.2 Å². The number of ether oxygens (including phenoxy) is 1. The second kappa shape index (κ2) is 8.16. The molecule has 2 aromatic carbocycles. The van der Waals surface area contributed by atoms with Crippen LogP contribution in [0, 0.1) is 21.4 Å². The van der Waals surface area contributed by atoms with Crippen molar-refractivity contribution in [2.24, 2.45) is 0 Å². The van der Waals surface area contributed by atoms with Gasteiger partial charge in [0.2, 0.25) is 0 Å². The molecule has 0 aromatic heterocycles. The highest BCUT2D eigenvalue weighted by molar-refractivity contribution is 6.07. The number of nitro groups is 1. The second-order valence-corrected chi connectivity index (χ2v) is 4.96. The number of carbonyl (C=O) groups is 1. The van der Waals surface area contributed by atoms with Gasteiger partial charge in [-0.3, -0.25) is 14.9 Å². The number of phenols is 1. The van der Waals surface area contributed by atoms with Crippen molar-refractivity contribution >= 4 is 23.0 Å². The average molecular weight is 354 g/mol. The summed E-state index contributed by atoms with van der Waals surface area (Å²) in [6.45, 7) is 0. The van der Waals surface area contributed by atoms with E-state index in [0.717, 1.165) is 6.07 Å². The Morgan fingerprint density at radius 2 is 2.12 bits per heavy atom. The van der Waals surface area contributed by atoms with Crippen molar-refractivity contribution in [2.75, 3.05) is 17.7 Å². The average Bonchev–Trinajstić information content (AvgIpc) is 2.62. The fraction of sp³-hybridized carbons (Fsp3) is 0.0588. The van der Waals surface area contributed by atoms with Crippen molar-refractivity contribution in [3.63, 3.8) is 0 Å². The highest BCUT2D eigenvalue weighted by Crippen LogP contribution is 2.29. The van der Waals surface area contributed by atoms with Crippen molar-refractivity contribution < 1.29 is 19.6 Å². The van der Waals surface area contributed by atoms with Crippen LogP contribution in [0.2, 0.25) is 0 Å². The highest BCUT2D eigenvalue weighted by Gasteiger charge is 2.15. The van der Waals surface area contributed by atoms with E-state index in [1.54, 1.807) is 18.2 Å². The fourth-order valence-electron chi connectivity index (χ4n) is 1.99. The van der Waals surface area contributed by atoms with E-state index in [0.29, 0.717) is 5.69 Å². The van der Waals surface area contributed by atoms with Gasteiger partial charge in [-0.2, -0.15) is 5.26 Å². The van der Waals surface area contributed by atoms with Gasteiger partial charge in [-0.25, -0.2) is 0 Å². The summed E-state index contributed by atoms with van der Waals surface area (Å²) in [4.78, 5) is 22.4. The van der Waals surface area contributed by atoms with E-state index in [4.69, 9.17) is 10.00 Å². The van der Waals surface area contributed by atoms with E-state index in [1.165, 1.54) is 37.6 Å². The third-order valence-electron chi connectivity index (χ3n) is 3.24. The molecule has 0 heterocycles. The zero-order valence-corrected chi connectivity index (χ0v) is 13.6. The molecule has 132 valence electrons. The summed E-state index contributed by atoms with van der Waals surface area (Å²) < 4.78 is 5.03. The van der Waals surface area contributed by atoms with E-state index in [-0.39, 0.29) is 28.4 Å². The Hall–Kier alpha value is -4.06. The first-order valence-corrected chi connectivity index (χ1v) is 7.24. The zero-order chi connectivity index (χ0) is 19.1. The topological polar surface area (TPSA) is 138 Å². The SMILES string of the molecule is COc1cc([N+](=O)[O-])ccc1NC(=O)/C(C#N)=C\Nc1cccc(O)c1. The maximum absolute atomic E-state index is 12.2. The molecule has 0 saturated carbocycles. The van der Waals surface area contributed by atoms with E-state index in [1.807, 2.05) is 0 Å². The molecule has 0 unspecified atom stereocenters. The lowest BCUT2D eigenvalue weighted by Gasteiger charge is -2.09. The van der Waals surface area contributed by atoms with Crippen molar-refractivity contribution in [2.45, 2.75) is 0 Å². The lowest BCUT2D eigenvalue weighted by atomic mass is 10.2. The van der Waals surface area contributed by atoms with E-state index in [9.17, 15) is 20.0 Å². The number of hydrogen-bond donors (Lipinski definition) is 3. The number of methoxy groups -OCH3 is 1. The van der Waals surface area contributed by atoms with Crippen LogP contribution in [-0.2, 0) is 4.79 Å². The molecule has 0 saturated heterocycles. The molecule has 0 aliphatic carbocycles. The normalized spacial score (nSPS) is 10.5. The summed E-state index contributed by atoms with van der Waals surface area (Å²) in [5, 5.41) is 34.5. The summed E-state index contributed by atoms with van der Waals surface area (Å²) in [5.41, 5.74) is 0.232. The van der Waals surface area contributed by atoms with Crippen LogP contribution in [-0.4, -0.2) is 23.0 Å². The fourth-order valence-corrected chi connectivity index (χ4v) is 1.99. The Kier molecular flexibility index (Phi) is 5.74. The van der Waals surface area contributed by atoms with Gasteiger partial charge in [0, 0.05) is 24.0 Å². The van der Waals surface area contributed by atoms with E-state index < -0.39 is 10.8 Å². The minimum atomic E-state index is -0.729. The number of aromatic hydroxyl groups is 1. The number of phenolic OH excluding ortho intramolecular Hbond substituents is 1. The van der Waals surface area contributed by atoms with Gasteiger partial charge in [0.15, 0.2) is 0 Å². The van der Waals surface area contributed by atoms with Gasteiger partial charge in [-0.1, -0.05) is 6.07 Å². The van der Waals surface area contributed by atoms with Crippen LogP contribution >= 0.6 is 0 Å². The molecule has 0 spiro atoms. The van der Waals surface area contributed by atoms with Gasteiger partial charge in [-0.15, -0.1) is 0 Å². The molecule has 0 aliphatic rings. The molecular formula is C17H14N4O5. The monoisotopic (exact) mass is 354 g/mol. The number of hydrogen-bond acceptors (Lipinski definition) is 7. The molecule has 26 heavy (non-hydrogen) atoms. The van der Waals surface area contributed by atoms with Crippen molar-refractivity contribution in [1.29, 1.82) is 5.26 Å². The Balaban J connectivity index is 2.18. The molecule has 0 bridgehead atoms. The van der Waals surface area contributed by atoms with Gasteiger partial charge in [0.05, 0.1) is 23.8 Å². The number of non-ortho nitro benzene ring substituents is 1. The molecule has 1 amide bonds. The first kappa shape index (κ1) is 18.3. The molecule has 0 atom stereocenters. The quantitative estimate of drug-likeness (QED) is 0.314. The van der Waals surface area contributed by atoms with Crippen LogP contribution in [0.25, 0.3) is 0 Å². The highest BCUT2D eigenvalue weighted by atomic mass is 16.6. The molecule has 3 N–H and O–H groups in total. The number of nitrogens with one attached hydrogen (secondary N) is 2. The number of nitro benzene ring substituents is 1. The molecular weight excluding hydrogens is 340 g/mol. The van der Waals surface area contributed by atoms with Crippen LogP contribution in [0.5, 0.6) is 11.5 Å². The van der Waals surface area contributed by atoms with E-state index in [2.05, 4.69) is 10.6 Å². The molecule has 9 heteroatoms. The summed E-state index contributed by atoms with van der Waals surface area (Å²) in [6.07, 6.45) is 1.18. The smallest absolute Gasteiger partial charge is 0.273 e. The zero-order valence-electron chi connectivity index (χ0n) is 13.6. The van der Waals surface area contributed by atoms with Crippen LogP contribution in [0.4, 0.5) is 17.1 Å². The van der Waals surface area contributed by atoms with Crippen LogP contribution < -0.4 is 15.4 Å². The number of nitriles is 1. The molecule has 9 nitrogen and oxygen atoms in total. The van der Waals surface area contributed by atoms with Crippen LogP contribution in [0.3, 0.4) is 0 Å². The summed E-state index contributed by atoms with van der Waals surface area (Å²) in [6, 6.07) is 11.6. The minimum Gasteiger partial charge on any atom is -0.508 e. The number of benzene rings is 2. The lowest BCUT2D eigenvalue weighted by molar-refractivity contribution is -0.384. The summed E-state index contributed by atoms with van der Waals surface area (Å²) in [5.74, 6) is -0.611. The first-order chi connectivity index (χ1) is 12.4. The van der Waals surface area contributed by atoms with Crippen molar-refractivity contribution in [3.05, 3.63) is 64.4 Å². The summed E-state index contributed by atoms with van der Waals surface area (Å²) in [7, 11) is 1.30. The van der Waals surface area contributed by atoms with Crippen LogP contribution in [0.1, 0.15) is 0 Å². The number of nitrogens with zero attached hydrogens (tertiary/aromatic N) is 2. The maximum atomic E-state index is 12.2. The minimum absolute atomic E-state index is 0.0296. The van der Waals surface area contributed by atoms with Crippen molar-refractivity contribution in [3.8, 4) is 17.6 Å². The largest absolute Gasteiger partial charge is 0.508 e. The van der Waals surface area contributed by atoms with Gasteiger partial charge in [0.1, 0.15) is 23.1 Å². The molecule has 2 rings (SSSR count). The van der Waals surface area contributed by atoms with Gasteiger partial charge < -0.3 is 20.5 Å². The molecule has 0 fully saturated rings. The van der Waals surface area contributed by atoms with Crippen LogP contribution in [0.15, 0.2) is 54.2 Å². The van der Waals surface area contributed by atoms with Crippen molar-refractivity contribution in [1.82, 2.24) is 0 Å². The maximum Gasteiger partial charge on any atom is 0.273 e. The Morgan fingerprint density at radius 3 is 2.73 bits per heavy atom. The number of anilines is 2. The summed E-state index contributed by atoms with van der Waals surface area (Å²) >= 11 is 0. The predicted octanol–water partition coefficient (Wildman–Crippen LogP) is 2.77. The lowest BCUT2D eigenvalue weighted by Crippen LogP contribution is -2.15. The second-order valence-electron chi connectivity index (χ2n) is 4.96. The molecule has 0 radical (unpaired) electrons. The van der Waals surface area contributed by atoms with E-state index >= 15 is 0 Å². The number of amides is 1.